The number of amides is 1. The number of benzene rings is 3. The normalized spacial score (nSPS) is 16.4. The van der Waals surface area contributed by atoms with Crippen LogP contribution < -0.4 is 15.4 Å². The van der Waals surface area contributed by atoms with Crippen LogP contribution in [0.4, 0.5) is 0 Å². The van der Waals surface area contributed by atoms with E-state index in [9.17, 15) is 9.59 Å². The van der Waals surface area contributed by atoms with E-state index in [0.717, 1.165) is 83.4 Å². The first-order valence-corrected chi connectivity index (χ1v) is 15.9. The number of pyridine rings is 1. The minimum Gasteiger partial charge on any atom is -0.481 e. The number of hydrogen-bond donors (Lipinski definition) is 2. The number of aryl methyl sites for hydroxylation is 1. The third-order valence-electron chi connectivity index (χ3n) is 8.66. The molecule has 0 unspecified atom stereocenters. The highest BCUT2D eigenvalue weighted by molar-refractivity contribution is 6.39. The lowest BCUT2D eigenvalue weighted by molar-refractivity contribution is -0.123. The van der Waals surface area contributed by atoms with E-state index in [0.29, 0.717) is 28.8 Å². The Balaban J connectivity index is 1.21. The van der Waals surface area contributed by atoms with E-state index in [-0.39, 0.29) is 23.7 Å². The molecule has 3 aromatic carbocycles. The molecule has 0 spiro atoms. The molecule has 2 N–H and O–H groups in total. The van der Waals surface area contributed by atoms with Crippen molar-refractivity contribution in [2.24, 2.45) is 5.92 Å². The fourth-order valence-corrected chi connectivity index (χ4v) is 6.65. The Kier molecular flexibility index (Phi) is 9.31. The van der Waals surface area contributed by atoms with E-state index in [1.807, 2.05) is 72.8 Å². The summed E-state index contributed by atoms with van der Waals surface area (Å²) in [7, 11) is 1.63. The first kappa shape index (κ1) is 30.3. The Hall–Kier alpha value is -3.71. The molecule has 2 fully saturated rings. The van der Waals surface area contributed by atoms with Crippen LogP contribution in [0.2, 0.25) is 10.0 Å². The number of ether oxygens (including phenoxy) is 1. The molecule has 1 atom stereocenters. The van der Waals surface area contributed by atoms with Crippen LogP contribution in [0, 0.1) is 5.92 Å². The first-order chi connectivity index (χ1) is 21.4. The van der Waals surface area contributed by atoms with E-state index in [4.69, 9.17) is 32.9 Å². The summed E-state index contributed by atoms with van der Waals surface area (Å²) in [6, 6.07) is 24.2. The molecular weight excluding hydrogens is 593 g/mol. The van der Waals surface area contributed by atoms with Gasteiger partial charge in [0.05, 0.1) is 22.8 Å². The molecule has 226 valence electrons. The van der Waals surface area contributed by atoms with Gasteiger partial charge in [-0.05, 0) is 42.9 Å². The van der Waals surface area contributed by atoms with Crippen molar-refractivity contribution < 1.29 is 14.3 Å². The topological polar surface area (TPSA) is 80.3 Å². The Morgan fingerprint density at radius 3 is 2.23 bits per heavy atom. The van der Waals surface area contributed by atoms with Crippen LogP contribution in [0.3, 0.4) is 0 Å². The number of rotatable bonds is 11. The van der Waals surface area contributed by atoms with Gasteiger partial charge < -0.3 is 15.4 Å². The number of carbonyl (C=O) groups is 2. The van der Waals surface area contributed by atoms with E-state index >= 15 is 0 Å². The van der Waals surface area contributed by atoms with Crippen molar-refractivity contribution in [2.75, 3.05) is 20.2 Å². The van der Waals surface area contributed by atoms with Crippen LogP contribution in [0.25, 0.3) is 33.5 Å². The second-order valence-electron chi connectivity index (χ2n) is 11.6. The summed E-state index contributed by atoms with van der Waals surface area (Å²) in [5, 5.41) is 7.36. The van der Waals surface area contributed by atoms with Gasteiger partial charge in [0.1, 0.15) is 5.78 Å². The van der Waals surface area contributed by atoms with Crippen molar-refractivity contribution in [3.8, 4) is 39.4 Å². The molecule has 0 aliphatic carbocycles. The summed E-state index contributed by atoms with van der Waals surface area (Å²) < 4.78 is 5.67. The van der Waals surface area contributed by atoms with Gasteiger partial charge in [-0.15, -0.1) is 0 Å². The zero-order valence-electron chi connectivity index (χ0n) is 24.7. The SMILES string of the molecule is COc1nc(-c2cccc(-c3cccc(-c4ccc(CC(=O)C5CNC5)cc4)c3Cl)c2Cl)ccc1CCC[C@@H]1CCC(=O)N1. The Bertz CT molecular complexity index is 1690. The molecule has 6 rings (SSSR count). The second-order valence-corrected chi connectivity index (χ2v) is 12.3. The number of methoxy groups -OCH3 is 1. The number of aromatic nitrogens is 1. The smallest absolute Gasteiger partial charge is 0.220 e. The van der Waals surface area contributed by atoms with Gasteiger partial charge in [0.25, 0.3) is 0 Å². The van der Waals surface area contributed by atoms with Crippen molar-refractivity contribution in [1.29, 1.82) is 0 Å². The number of ketones is 1. The molecule has 2 saturated heterocycles. The average Bonchev–Trinajstić information content (AvgIpc) is 3.42. The number of carbonyl (C=O) groups excluding carboxylic acids is 2. The van der Waals surface area contributed by atoms with Crippen LogP contribution in [0.15, 0.2) is 72.8 Å². The second kappa shape index (κ2) is 13.5. The number of Topliss-reactive ketones (excluding diaryl/α,β-unsaturated/α-hetero) is 1. The highest BCUT2D eigenvalue weighted by Gasteiger charge is 2.25. The molecule has 8 heteroatoms. The molecule has 3 heterocycles. The van der Waals surface area contributed by atoms with Gasteiger partial charge in [0, 0.05) is 65.7 Å². The largest absolute Gasteiger partial charge is 0.481 e. The molecule has 4 aromatic rings. The van der Waals surface area contributed by atoms with E-state index in [2.05, 4.69) is 10.6 Å². The summed E-state index contributed by atoms with van der Waals surface area (Å²) in [6.07, 6.45) is 4.66. The highest BCUT2D eigenvalue weighted by Crippen LogP contribution is 2.42. The highest BCUT2D eigenvalue weighted by atomic mass is 35.5. The van der Waals surface area contributed by atoms with Crippen molar-refractivity contribution in [1.82, 2.24) is 15.6 Å². The van der Waals surface area contributed by atoms with Crippen LogP contribution in [-0.2, 0) is 22.4 Å². The fourth-order valence-electron chi connectivity index (χ4n) is 5.98. The van der Waals surface area contributed by atoms with Gasteiger partial charge in [-0.1, -0.05) is 89.9 Å². The molecule has 2 aliphatic rings. The minimum atomic E-state index is 0.133. The Morgan fingerprint density at radius 1 is 0.909 bits per heavy atom. The van der Waals surface area contributed by atoms with Crippen molar-refractivity contribution in [2.45, 2.75) is 44.6 Å². The molecule has 1 amide bonds. The predicted octanol–water partition coefficient (Wildman–Crippen LogP) is 7.33. The molecule has 1 aromatic heterocycles. The van der Waals surface area contributed by atoms with E-state index in [1.54, 1.807) is 7.11 Å². The maximum Gasteiger partial charge on any atom is 0.220 e. The number of nitrogens with one attached hydrogen (secondary N) is 2. The third kappa shape index (κ3) is 6.53. The predicted molar refractivity (Wildman–Crippen MR) is 176 cm³/mol. The number of hydrogen-bond acceptors (Lipinski definition) is 5. The summed E-state index contributed by atoms with van der Waals surface area (Å²) in [4.78, 5) is 28.7. The van der Waals surface area contributed by atoms with Gasteiger partial charge in [-0.2, -0.15) is 0 Å². The lowest BCUT2D eigenvalue weighted by Gasteiger charge is -2.25. The molecular formula is C36H35Cl2N3O3. The molecule has 6 nitrogen and oxygen atoms in total. The van der Waals surface area contributed by atoms with Gasteiger partial charge in [-0.3, -0.25) is 9.59 Å². The summed E-state index contributed by atoms with van der Waals surface area (Å²) >= 11 is 14.1. The van der Waals surface area contributed by atoms with Crippen LogP contribution in [-0.4, -0.2) is 42.9 Å². The summed E-state index contributed by atoms with van der Waals surface area (Å²) in [5.41, 5.74) is 7.06. The van der Waals surface area contributed by atoms with Gasteiger partial charge >= 0.3 is 0 Å². The first-order valence-electron chi connectivity index (χ1n) is 15.1. The molecule has 44 heavy (non-hydrogen) atoms. The fraction of sp³-hybridized carbons (Fsp3) is 0.306. The summed E-state index contributed by atoms with van der Waals surface area (Å²) in [5.74, 6) is 1.14. The quantitative estimate of drug-likeness (QED) is 0.182. The lowest BCUT2D eigenvalue weighted by atomic mass is 9.92. The lowest BCUT2D eigenvalue weighted by Crippen LogP contribution is -2.47. The van der Waals surface area contributed by atoms with E-state index < -0.39 is 0 Å². The monoisotopic (exact) mass is 627 g/mol. The van der Waals surface area contributed by atoms with Crippen molar-refractivity contribution >= 4 is 34.9 Å². The van der Waals surface area contributed by atoms with Crippen LogP contribution >= 0.6 is 23.2 Å². The maximum atomic E-state index is 12.4. The van der Waals surface area contributed by atoms with Crippen LogP contribution in [0.1, 0.15) is 36.8 Å². The molecule has 2 aliphatic heterocycles. The van der Waals surface area contributed by atoms with Crippen molar-refractivity contribution in [3.63, 3.8) is 0 Å². The standard InChI is InChI=1S/C36H35Cl2N3O3/c1-44-36-24(5-2-6-26-16-18-33(43)40-26)15-17-31(41-36)30-10-4-9-29(35(30)38)28-8-3-7-27(34(28)37)23-13-11-22(12-14-23)19-32(42)25-20-39-21-25/h3-4,7-15,17,25-26,39H,2,5-6,16,18-21H2,1H3,(H,40,43)/t26-/m1/s1. The zero-order valence-corrected chi connectivity index (χ0v) is 26.2. The summed E-state index contributed by atoms with van der Waals surface area (Å²) in [6.45, 7) is 1.56. The zero-order chi connectivity index (χ0) is 30.6. The maximum absolute atomic E-state index is 12.4. The minimum absolute atomic E-state index is 0.133. The van der Waals surface area contributed by atoms with E-state index in [1.165, 1.54) is 0 Å². The molecule has 0 bridgehead atoms. The Morgan fingerprint density at radius 2 is 1.59 bits per heavy atom. The number of nitrogens with zero attached hydrogens (tertiary/aromatic N) is 1. The van der Waals surface area contributed by atoms with Crippen molar-refractivity contribution in [3.05, 3.63) is 94.0 Å². The van der Waals surface area contributed by atoms with Gasteiger partial charge in [-0.25, -0.2) is 4.98 Å². The number of halogens is 2. The third-order valence-corrected chi connectivity index (χ3v) is 9.47. The van der Waals surface area contributed by atoms with Gasteiger partial charge in [0.2, 0.25) is 11.8 Å². The Labute approximate surface area is 268 Å². The van der Waals surface area contributed by atoms with Gasteiger partial charge in [0.15, 0.2) is 0 Å². The average molecular weight is 629 g/mol. The molecule has 0 radical (unpaired) electrons. The van der Waals surface area contributed by atoms with Crippen LogP contribution in [0.5, 0.6) is 5.88 Å². The molecule has 0 saturated carbocycles.